The lowest BCUT2D eigenvalue weighted by molar-refractivity contribution is 0.779. The van der Waals surface area contributed by atoms with Crippen molar-refractivity contribution in [2.24, 2.45) is 0 Å². The number of benzene rings is 1. The summed E-state index contributed by atoms with van der Waals surface area (Å²) in [6.07, 6.45) is 0. The maximum absolute atomic E-state index is 4.41. The molecule has 1 heterocycles. The van der Waals surface area contributed by atoms with Crippen LogP contribution >= 0.6 is 0 Å². The van der Waals surface area contributed by atoms with E-state index in [1.165, 1.54) is 22.3 Å². The minimum atomic E-state index is 0.823. The molecule has 1 aromatic carbocycles. The van der Waals surface area contributed by atoms with E-state index in [1.54, 1.807) is 0 Å². The number of rotatable bonds is 3. The Labute approximate surface area is 102 Å². The van der Waals surface area contributed by atoms with Gasteiger partial charge in [-0.1, -0.05) is 12.1 Å². The van der Waals surface area contributed by atoms with Crippen LogP contribution in [0.1, 0.15) is 22.4 Å². The highest BCUT2D eigenvalue weighted by Gasteiger charge is 2.10. The van der Waals surface area contributed by atoms with Crippen LogP contribution in [-0.4, -0.2) is 17.2 Å². The SMILES string of the molecule is CNCc1[nH]nc(-c2ccc(C)c(C)c2)c1C. The van der Waals surface area contributed by atoms with Crippen molar-refractivity contribution in [1.82, 2.24) is 15.5 Å². The molecule has 0 spiro atoms. The zero-order valence-electron chi connectivity index (χ0n) is 10.9. The van der Waals surface area contributed by atoms with Crippen LogP contribution in [0, 0.1) is 20.8 Å². The molecule has 0 unspecified atom stereocenters. The summed E-state index contributed by atoms with van der Waals surface area (Å²) < 4.78 is 0. The summed E-state index contributed by atoms with van der Waals surface area (Å²) in [5.74, 6) is 0. The van der Waals surface area contributed by atoms with Gasteiger partial charge in [0.2, 0.25) is 0 Å². The second kappa shape index (κ2) is 4.72. The van der Waals surface area contributed by atoms with Crippen LogP contribution in [0.25, 0.3) is 11.3 Å². The summed E-state index contributed by atoms with van der Waals surface area (Å²) in [5, 5.41) is 10.6. The molecule has 0 saturated carbocycles. The third-order valence-corrected chi connectivity index (χ3v) is 3.24. The van der Waals surface area contributed by atoms with Crippen molar-refractivity contribution in [2.75, 3.05) is 7.05 Å². The Balaban J connectivity index is 2.42. The predicted molar refractivity (Wildman–Crippen MR) is 71.0 cm³/mol. The third-order valence-electron chi connectivity index (χ3n) is 3.24. The number of hydrogen-bond donors (Lipinski definition) is 2. The molecular formula is C14H19N3. The second-order valence-electron chi connectivity index (χ2n) is 4.51. The summed E-state index contributed by atoms with van der Waals surface area (Å²) in [6, 6.07) is 6.48. The first kappa shape index (κ1) is 11.9. The van der Waals surface area contributed by atoms with Gasteiger partial charge in [-0.2, -0.15) is 5.10 Å². The average molecular weight is 229 g/mol. The van der Waals surface area contributed by atoms with Crippen molar-refractivity contribution in [3.8, 4) is 11.3 Å². The zero-order chi connectivity index (χ0) is 12.4. The molecule has 0 bridgehead atoms. The highest BCUT2D eigenvalue weighted by molar-refractivity contribution is 5.65. The Morgan fingerprint density at radius 1 is 1.18 bits per heavy atom. The van der Waals surface area contributed by atoms with Gasteiger partial charge >= 0.3 is 0 Å². The standard InChI is InChI=1S/C14H19N3/c1-9-5-6-12(7-10(9)2)14-11(3)13(8-15-4)16-17-14/h5-7,15H,8H2,1-4H3,(H,16,17). The topological polar surface area (TPSA) is 40.7 Å². The molecule has 0 aliphatic carbocycles. The van der Waals surface area contributed by atoms with E-state index in [1.807, 2.05) is 7.05 Å². The zero-order valence-corrected chi connectivity index (χ0v) is 10.9. The molecule has 0 amide bonds. The van der Waals surface area contributed by atoms with Crippen molar-refractivity contribution >= 4 is 0 Å². The van der Waals surface area contributed by atoms with Crippen molar-refractivity contribution < 1.29 is 0 Å². The van der Waals surface area contributed by atoms with Gasteiger partial charge in [-0.15, -0.1) is 0 Å². The van der Waals surface area contributed by atoms with Crippen LogP contribution in [0.4, 0.5) is 0 Å². The Morgan fingerprint density at radius 3 is 2.59 bits per heavy atom. The Morgan fingerprint density at radius 2 is 1.94 bits per heavy atom. The molecule has 2 rings (SSSR count). The highest BCUT2D eigenvalue weighted by atomic mass is 15.1. The molecule has 1 aromatic heterocycles. The van der Waals surface area contributed by atoms with Gasteiger partial charge in [0, 0.05) is 12.1 Å². The minimum Gasteiger partial charge on any atom is -0.314 e. The van der Waals surface area contributed by atoms with Crippen LogP contribution in [0.15, 0.2) is 18.2 Å². The lowest BCUT2D eigenvalue weighted by Crippen LogP contribution is -2.06. The number of aromatic nitrogens is 2. The summed E-state index contributed by atoms with van der Waals surface area (Å²) in [7, 11) is 1.94. The molecular weight excluding hydrogens is 210 g/mol. The van der Waals surface area contributed by atoms with E-state index in [4.69, 9.17) is 0 Å². The fourth-order valence-corrected chi connectivity index (χ4v) is 1.95. The fourth-order valence-electron chi connectivity index (χ4n) is 1.95. The smallest absolute Gasteiger partial charge is 0.0953 e. The van der Waals surface area contributed by atoms with Gasteiger partial charge in [0.25, 0.3) is 0 Å². The van der Waals surface area contributed by atoms with E-state index in [-0.39, 0.29) is 0 Å². The summed E-state index contributed by atoms with van der Waals surface area (Å²) >= 11 is 0. The van der Waals surface area contributed by atoms with Crippen molar-refractivity contribution in [1.29, 1.82) is 0 Å². The molecule has 0 radical (unpaired) electrons. The van der Waals surface area contributed by atoms with E-state index in [9.17, 15) is 0 Å². The summed E-state index contributed by atoms with van der Waals surface area (Å²) in [5.41, 5.74) is 7.24. The Bertz CT molecular complexity index is 526. The first-order valence-electron chi connectivity index (χ1n) is 5.89. The molecule has 0 saturated heterocycles. The highest BCUT2D eigenvalue weighted by Crippen LogP contribution is 2.24. The van der Waals surface area contributed by atoms with Crippen molar-refractivity contribution in [3.05, 3.63) is 40.6 Å². The summed E-state index contributed by atoms with van der Waals surface area (Å²) in [4.78, 5) is 0. The number of H-pyrrole nitrogens is 1. The quantitative estimate of drug-likeness (QED) is 0.849. The molecule has 0 fully saturated rings. The normalized spacial score (nSPS) is 10.8. The van der Waals surface area contributed by atoms with Gasteiger partial charge in [-0.05, 0) is 50.6 Å². The largest absolute Gasteiger partial charge is 0.314 e. The molecule has 0 aliphatic heterocycles. The first-order valence-corrected chi connectivity index (χ1v) is 5.89. The number of aryl methyl sites for hydroxylation is 2. The molecule has 17 heavy (non-hydrogen) atoms. The van der Waals surface area contributed by atoms with Gasteiger partial charge in [-0.25, -0.2) is 0 Å². The van der Waals surface area contributed by atoms with Gasteiger partial charge in [-0.3, -0.25) is 5.10 Å². The Kier molecular flexibility index (Phi) is 3.29. The van der Waals surface area contributed by atoms with Crippen molar-refractivity contribution in [3.63, 3.8) is 0 Å². The Hall–Kier alpha value is -1.61. The third kappa shape index (κ3) is 2.24. The predicted octanol–water partition coefficient (Wildman–Crippen LogP) is 2.72. The van der Waals surface area contributed by atoms with Crippen molar-refractivity contribution in [2.45, 2.75) is 27.3 Å². The number of hydrogen-bond acceptors (Lipinski definition) is 2. The molecule has 0 aliphatic rings. The lowest BCUT2D eigenvalue weighted by atomic mass is 10.0. The fraction of sp³-hybridized carbons (Fsp3) is 0.357. The monoisotopic (exact) mass is 229 g/mol. The molecule has 3 heteroatoms. The minimum absolute atomic E-state index is 0.823. The van der Waals surface area contributed by atoms with E-state index in [0.717, 1.165) is 17.9 Å². The van der Waals surface area contributed by atoms with Crippen LogP contribution in [0.2, 0.25) is 0 Å². The van der Waals surface area contributed by atoms with E-state index < -0.39 is 0 Å². The van der Waals surface area contributed by atoms with E-state index >= 15 is 0 Å². The lowest BCUT2D eigenvalue weighted by Gasteiger charge is -2.04. The number of nitrogens with one attached hydrogen (secondary N) is 2. The van der Waals surface area contributed by atoms with E-state index in [2.05, 4.69) is 54.5 Å². The van der Waals surface area contributed by atoms with Gasteiger partial charge in [0.1, 0.15) is 0 Å². The number of nitrogens with zero attached hydrogens (tertiary/aromatic N) is 1. The van der Waals surface area contributed by atoms with Crippen LogP contribution in [-0.2, 0) is 6.54 Å². The second-order valence-corrected chi connectivity index (χ2v) is 4.51. The molecule has 2 N–H and O–H groups in total. The molecule has 90 valence electrons. The first-order chi connectivity index (χ1) is 8.13. The number of aromatic amines is 1. The maximum atomic E-state index is 4.41. The van der Waals surface area contributed by atoms with Crippen LogP contribution in [0.3, 0.4) is 0 Å². The van der Waals surface area contributed by atoms with Gasteiger partial charge in [0.15, 0.2) is 0 Å². The molecule has 3 nitrogen and oxygen atoms in total. The average Bonchev–Trinajstić information content (AvgIpc) is 2.66. The summed E-state index contributed by atoms with van der Waals surface area (Å²) in [6.45, 7) is 7.20. The van der Waals surface area contributed by atoms with Crippen LogP contribution < -0.4 is 5.32 Å². The van der Waals surface area contributed by atoms with Gasteiger partial charge < -0.3 is 5.32 Å². The molecule has 0 atom stereocenters. The maximum Gasteiger partial charge on any atom is 0.0953 e. The van der Waals surface area contributed by atoms with E-state index in [0.29, 0.717) is 0 Å². The van der Waals surface area contributed by atoms with Gasteiger partial charge in [0.05, 0.1) is 11.4 Å². The van der Waals surface area contributed by atoms with Crippen LogP contribution in [0.5, 0.6) is 0 Å². The molecule has 2 aromatic rings.